The molecule has 0 fully saturated rings. The molecule has 4 nitrogen and oxygen atoms in total. The van der Waals surface area contributed by atoms with Crippen molar-refractivity contribution in [2.45, 2.75) is 0 Å². The number of benzene rings is 1. The van der Waals surface area contributed by atoms with Crippen LogP contribution in [0, 0.1) is 0 Å². The van der Waals surface area contributed by atoms with Gasteiger partial charge in [0.25, 0.3) is 0 Å². The zero-order valence-corrected chi connectivity index (χ0v) is 7.90. The summed E-state index contributed by atoms with van der Waals surface area (Å²) in [6.45, 7) is 0. The fraction of sp³-hybridized carbons (Fsp3) is 0. The number of aromatic amines is 1. The maximum absolute atomic E-state index is 10.1. The Labute approximate surface area is 86.2 Å². The Morgan fingerprint density at radius 1 is 1.40 bits per heavy atom. The van der Waals surface area contributed by atoms with Crippen molar-refractivity contribution in [2.24, 2.45) is 0 Å². The Morgan fingerprint density at radius 3 is 3.07 bits per heavy atom. The lowest BCUT2D eigenvalue weighted by molar-refractivity contribution is -0.108. The third kappa shape index (κ3) is 1.69. The van der Waals surface area contributed by atoms with Crippen molar-refractivity contribution in [1.82, 2.24) is 10.3 Å². The smallest absolute Gasteiger partial charge is 0.211 e. The molecule has 1 aromatic heterocycles. The molecule has 0 aliphatic heterocycles. The molecule has 0 aliphatic rings. The molecular weight excluding hydrogens is 192 g/mol. The number of carbonyl (C=O) groups excluding carboxylic acids is 1. The number of carbonyl (C=O) groups is 1. The molecule has 0 aliphatic carbocycles. The molecular formula is C11H10N2O2. The molecule has 0 spiro atoms. The molecule has 3 N–H and O–H groups in total. The Bertz CT molecular complexity index is 514. The van der Waals surface area contributed by atoms with E-state index in [0.717, 1.165) is 16.5 Å². The molecule has 1 aromatic carbocycles. The van der Waals surface area contributed by atoms with Crippen LogP contribution in [0.3, 0.4) is 0 Å². The van der Waals surface area contributed by atoms with E-state index < -0.39 is 0 Å². The highest BCUT2D eigenvalue weighted by Crippen LogP contribution is 2.26. The minimum Gasteiger partial charge on any atom is -0.506 e. The molecule has 76 valence electrons. The van der Waals surface area contributed by atoms with Gasteiger partial charge in [-0.3, -0.25) is 4.79 Å². The lowest BCUT2D eigenvalue weighted by atomic mass is 10.1. The fourth-order valence-electron chi connectivity index (χ4n) is 1.48. The van der Waals surface area contributed by atoms with Gasteiger partial charge in [0, 0.05) is 23.3 Å². The van der Waals surface area contributed by atoms with Crippen LogP contribution in [0.25, 0.3) is 17.0 Å². The lowest BCUT2D eigenvalue weighted by Crippen LogP contribution is -1.97. The Kier molecular flexibility index (Phi) is 2.41. The number of amides is 1. The molecule has 0 radical (unpaired) electrons. The number of H-pyrrole nitrogens is 1. The van der Waals surface area contributed by atoms with E-state index in [0.29, 0.717) is 6.41 Å². The third-order valence-electron chi connectivity index (χ3n) is 2.15. The first-order chi connectivity index (χ1) is 7.33. The number of hydrogen-bond donors (Lipinski definition) is 3. The van der Waals surface area contributed by atoms with Gasteiger partial charge < -0.3 is 15.4 Å². The van der Waals surface area contributed by atoms with Crippen molar-refractivity contribution in [2.75, 3.05) is 0 Å². The van der Waals surface area contributed by atoms with Gasteiger partial charge in [-0.05, 0) is 12.1 Å². The van der Waals surface area contributed by atoms with Gasteiger partial charge in [-0.25, -0.2) is 0 Å². The van der Waals surface area contributed by atoms with Gasteiger partial charge in [0.1, 0.15) is 5.75 Å². The first kappa shape index (κ1) is 9.33. The quantitative estimate of drug-likeness (QED) is 0.662. The number of para-hydroxylation sites is 1. The molecule has 0 unspecified atom stereocenters. The highest BCUT2D eigenvalue weighted by molar-refractivity contribution is 5.92. The maximum atomic E-state index is 10.1. The van der Waals surface area contributed by atoms with Crippen molar-refractivity contribution in [3.63, 3.8) is 0 Å². The minimum atomic E-state index is 0.226. The van der Waals surface area contributed by atoms with Gasteiger partial charge in [0.05, 0.1) is 5.52 Å². The van der Waals surface area contributed by atoms with Crippen LogP contribution in [0.4, 0.5) is 0 Å². The highest BCUT2D eigenvalue weighted by atomic mass is 16.3. The van der Waals surface area contributed by atoms with Crippen LogP contribution in [0.15, 0.2) is 30.6 Å². The van der Waals surface area contributed by atoms with E-state index in [9.17, 15) is 9.90 Å². The molecule has 1 amide bonds. The van der Waals surface area contributed by atoms with Crippen LogP contribution in [0.2, 0.25) is 0 Å². The van der Waals surface area contributed by atoms with Crippen LogP contribution < -0.4 is 5.32 Å². The second kappa shape index (κ2) is 3.88. The molecule has 0 bridgehead atoms. The molecule has 2 rings (SSSR count). The minimum absolute atomic E-state index is 0.226. The number of fused-ring (bicyclic) bond motifs is 1. The zero-order valence-electron chi connectivity index (χ0n) is 7.90. The lowest BCUT2D eigenvalue weighted by Gasteiger charge is -1.96. The van der Waals surface area contributed by atoms with E-state index in [2.05, 4.69) is 10.3 Å². The summed E-state index contributed by atoms with van der Waals surface area (Å²) in [5, 5.41) is 12.7. The standard InChI is InChI=1S/C11H10N2O2/c14-7-12-5-4-8-2-1-3-9-10(15)6-13-11(8)9/h1-7,13,15H,(H,12,14)/b5-4+. The summed E-state index contributed by atoms with van der Waals surface area (Å²) in [5.41, 5.74) is 1.75. The summed E-state index contributed by atoms with van der Waals surface area (Å²) in [7, 11) is 0. The summed E-state index contributed by atoms with van der Waals surface area (Å²) >= 11 is 0. The second-order valence-corrected chi connectivity index (χ2v) is 3.06. The zero-order chi connectivity index (χ0) is 10.7. The van der Waals surface area contributed by atoms with E-state index in [1.165, 1.54) is 6.20 Å². The monoisotopic (exact) mass is 202 g/mol. The molecule has 2 aromatic rings. The van der Waals surface area contributed by atoms with Crippen LogP contribution in [0.5, 0.6) is 5.75 Å². The van der Waals surface area contributed by atoms with Crippen LogP contribution in [-0.2, 0) is 4.79 Å². The first-order valence-electron chi connectivity index (χ1n) is 4.48. The summed E-state index contributed by atoms with van der Waals surface area (Å²) in [4.78, 5) is 13.0. The highest BCUT2D eigenvalue weighted by Gasteiger charge is 2.03. The third-order valence-corrected chi connectivity index (χ3v) is 2.15. The molecule has 15 heavy (non-hydrogen) atoms. The predicted octanol–water partition coefficient (Wildman–Crippen LogP) is 1.59. The molecule has 0 saturated carbocycles. The molecule has 4 heteroatoms. The van der Waals surface area contributed by atoms with Crippen molar-refractivity contribution in [3.05, 3.63) is 36.2 Å². The SMILES string of the molecule is O=CN/C=C/c1cccc2c(O)c[nH]c12. The van der Waals surface area contributed by atoms with Crippen molar-refractivity contribution in [3.8, 4) is 5.75 Å². The number of nitrogens with one attached hydrogen (secondary N) is 2. The van der Waals surface area contributed by atoms with Crippen molar-refractivity contribution < 1.29 is 9.90 Å². The summed E-state index contributed by atoms with van der Waals surface area (Å²) in [6, 6.07) is 5.56. The fourth-order valence-corrected chi connectivity index (χ4v) is 1.48. The largest absolute Gasteiger partial charge is 0.506 e. The van der Waals surface area contributed by atoms with E-state index in [1.807, 2.05) is 18.2 Å². The van der Waals surface area contributed by atoms with Gasteiger partial charge in [0.2, 0.25) is 6.41 Å². The van der Waals surface area contributed by atoms with Crippen molar-refractivity contribution >= 4 is 23.4 Å². The van der Waals surface area contributed by atoms with Crippen LogP contribution in [0.1, 0.15) is 5.56 Å². The van der Waals surface area contributed by atoms with Crippen molar-refractivity contribution in [1.29, 1.82) is 0 Å². The topological polar surface area (TPSA) is 65.1 Å². The normalized spacial score (nSPS) is 10.9. The number of aromatic nitrogens is 1. The van der Waals surface area contributed by atoms with Gasteiger partial charge in [-0.15, -0.1) is 0 Å². The first-order valence-corrected chi connectivity index (χ1v) is 4.48. The average Bonchev–Trinajstić information content (AvgIpc) is 2.62. The Balaban J connectivity index is 2.47. The van der Waals surface area contributed by atoms with E-state index in [1.54, 1.807) is 12.3 Å². The van der Waals surface area contributed by atoms with Crippen LogP contribution in [-0.4, -0.2) is 16.5 Å². The van der Waals surface area contributed by atoms with Gasteiger partial charge in [-0.1, -0.05) is 12.1 Å². The Morgan fingerprint density at radius 2 is 2.27 bits per heavy atom. The van der Waals surface area contributed by atoms with E-state index >= 15 is 0 Å². The number of rotatable bonds is 3. The molecule has 1 heterocycles. The van der Waals surface area contributed by atoms with Gasteiger partial charge in [0.15, 0.2) is 0 Å². The predicted molar refractivity (Wildman–Crippen MR) is 58.2 cm³/mol. The van der Waals surface area contributed by atoms with Crippen LogP contribution >= 0.6 is 0 Å². The number of hydrogen-bond acceptors (Lipinski definition) is 2. The van der Waals surface area contributed by atoms with E-state index in [4.69, 9.17) is 0 Å². The maximum Gasteiger partial charge on any atom is 0.211 e. The van der Waals surface area contributed by atoms with Gasteiger partial charge in [-0.2, -0.15) is 0 Å². The van der Waals surface area contributed by atoms with Gasteiger partial charge >= 0.3 is 0 Å². The Hall–Kier alpha value is -2.23. The summed E-state index contributed by atoms with van der Waals surface area (Å²) < 4.78 is 0. The average molecular weight is 202 g/mol. The second-order valence-electron chi connectivity index (χ2n) is 3.06. The number of aromatic hydroxyl groups is 1. The summed E-state index contributed by atoms with van der Waals surface area (Å²) in [6.07, 6.45) is 5.43. The molecule has 0 saturated heterocycles. The molecule has 0 atom stereocenters. The van der Waals surface area contributed by atoms with E-state index in [-0.39, 0.29) is 5.75 Å². The summed E-state index contributed by atoms with van der Waals surface area (Å²) in [5.74, 6) is 0.226.